The summed E-state index contributed by atoms with van der Waals surface area (Å²) in [5.74, 6) is -0.238. The molecular formula is C17H17ClN2O2S. The van der Waals surface area contributed by atoms with Gasteiger partial charge in [0.2, 0.25) is 5.91 Å². The van der Waals surface area contributed by atoms with Crippen LogP contribution in [0, 0.1) is 0 Å². The van der Waals surface area contributed by atoms with E-state index >= 15 is 0 Å². The van der Waals surface area contributed by atoms with Crippen LogP contribution in [0.5, 0.6) is 0 Å². The number of rotatable bonds is 7. The van der Waals surface area contributed by atoms with Gasteiger partial charge in [-0.25, -0.2) is 0 Å². The quantitative estimate of drug-likeness (QED) is 0.595. The highest BCUT2D eigenvalue weighted by Crippen LogP contribution is 2.10. The molecule has 0 unspecified atom stereocenters. The van der Waals surface area contributed by atoms with Crippen molar-refractivity contribution in [1.29, 1.82) is 0 Å². The SMILES string of the molecule is O=C(/C=C/c1ccc(Cl)cc1)NCCCNC(=O)c1cccs1. The zero-order valence-corrected chi connectivity index (χ0v) is 14.0. The van der Waals surface area contributed by atoms with Gasteiger partial charge < -0.3 is 10.6 Å². The maximum Gasteiger partial charge on any atom is 0.261 e. The standard InChI is InChI=1S/C17H17ClN2O2S/c18-14-7-4-13(5-8-14)6-9-16(21)19-10-2-11-20-17(22)15-3-1-12-23-15/h1,3-9,12H,2,10-11H2,(H,19,21)(H,20,22)/b9-6+. The largest absolute Gasteiger partial charge is 0.352 e. The Morgan fingerprint density at radius 2 is 1.83 bits per heavy atom. The second-order valence-electron chi connectivity index (χ2n) is 4.76. The van der Waals surface area contributed by atoms with Crippen molar-refractivity contribution in [2.24, 2.45) is 0 Å². The Hall–Kier alpha value is -2.11. The Morgan fingerprint density at radius 3 is 2.52 bits per heavy atom. The van der Waals surface area contributed by atoms with Gasteiger partial charge in [-0.3, -0.25) is 9.59 Å². The van der Waals surface area contributed by atoms with Crippen LogP contribution in [0.4, 0.5) is 0 Å². The molecule has 120 valence electrons. The molecule has 2 N–H and O–H groups in total. The maximum absolute atomic E-state index is 11.7. The molecule has 0 saturated heterocycles. The number of carbonyl (C=O) groups excluding carboxylic acids is 2. The third kappa shape index (κ3) is 6.26. The third-order valence-electron chi connectivity index (χ3n) is 2.98. The first-order valence-electron chi connectivity index (χ1n) is 7.18. The second kappa shape index (κ2) is 9.12. The average molecular weight is 349 g/mol. The van der Waals surface area contributed by atoms with Crippen LogP contribution >= 0.6 is 22.9 Å². The van der Waals surface area contributed by atoms with Gasteiger partial charge in [-0.2, -0.15) is 0 Å². The Balaban J connectivity index is 1.61. The lowest BCUT2D eigenvalue weighted by Crippen LogP contribution is -2.28. The van der Waals surface area contributed by atoms with E-state index in [0.29, 0.717) is 29.4 Å². The predicted molar refractivity (Wildman–Crippen MR) is 94.8 cm³/mol. The van der Waals surface area contributed by atoms with Crippen LogP contribution in [-0.2, 0) is 4.79 Å². The Labute approximate surface area is 144 Å². The van der Waals surface area contributed by atoms with Crippen LogP contribution in [0.3, 0.4) is 0 Å². The third-order valence-corrected chi connectivity index (χ3v) is 4.10. The molecule has 2 amide bonds. The van der Waals surface area contributed by atoms with Crippen molar-refractivity contribution in [3.05, 3.63) is 63.3 Å². The van der Waals surface area contributed by atoms with E-state index in [9.17, 15) is 9.59 Å². The van der Waals surface area contributed by atoms with Crippen molar-refractivity contribution in [3.63, 3.8) is 0 Å². The van der Waals surface area contributed by atoms with Crippen molar-refractivity contribution in [2.75, 3.05) is 13.1 Å². The van der Waals surface area contributed by atoms with Crippen molar-refractivity contribution < 1.29 is 9.59 Å². The zero-order chi connectivity index (χ0) is 16.5. The number of halogens is 1. The van der Waals surface area contributed by atoms with Gasteiger partial charge in [-0.1, -0.05) is 29.8 Å². The molecule has 0 atom stereocenters. The highest BCUT2D eigenvalue weighted by atomic mass is 35.5. The van der Waals surface area contributed by atoms with Gasteiger partial charge in [0.25, 0.3) is 5.91 Å². The van der Waals surface area contributed by atoms with E-state index in [1.165, 1.54) is 17.4 Å². The summed E-state index contributed by atoms with van der Waals surface area (Å²) in [6, 6.07) is 10.8. The molecule has 2 aromatic rings. The number of hydrogen-bond donors (Lipinski definition) is 2. The number of amides is 2. The summed E-state index contributed by atoms with van der Waals surface area (Å²) in [5.41, 5.74) is 0.910. The molecule has 1 aromatic heterocycles. The van der Waals surface area contributed by atoms with Crippen LogP contribution in [0.15, 0.2) is 47.9 Å². The molecule has 4 nitrogen and oxygen atoms in total. The van der Waals surface area contributed by atoms with E-state index in [2.05, 4.69) is 10.6 Å². The molecule has 2 rings (SSSR count). The second-order valence-corrected chi connectivity index (χ2v) is 6.15. The maximum atomic E-state index is 11.7. The molecule has 6 heteroatoms. The normalized spacial score (nSPS) is 10.7. The minimum Gasteiger partial charge on any atom is -0.352 e. The predicted octanol–water partition coefficient (Wildman–Crippen LogP) is 3.35. The van der Waals surface area contributed by atoms with E-state index in [4.69, 9.17) is 11.6 Å². The zero-order valence-electron chi connectivity index (χ0n) is 12.4. The summed E-state index contributed by atoms with van der Waals surface area (Å²) in [6.07, 6.45) is 3.88. The number of nitrogens with one attached hydrogen (secondary N) is 2. The molecule has 0 spiro atoms. The number of thiophene rings is 1. The van der Waals surface area contributed by atoms with E-state index < -0.39 is 0 Å². The highest BCUT2D eigenvalue weighted by molar-refractivity contribution is 7.12. The van der Waals surface area contributed by atoms with E-state index in [0.717, 1.165) is 5.56 Å². The van der Waals surface area contributed by atoms with Crippen molar-refractivity contribution >= 4 is 40.8 Å². The molecule has 0 fully saturated rings. The first-order chi connectivity index (χ1) is 11.1. The molecule has 1 aromatic carbocycles. The van der Waals surface area contributed by atoms with Crippen molar-refractivity contribution in [3.8, 4) is 0 Å². The molecule has 0 bridgehead atoms. The molecule has 0 radical (unpaired) electrons. The number of carbonyl (C=O) groups is 2. The average Bonchev–Trinajstić information content (AvgIpc) is 3.08. The van der Waals surface area contributed by atoms with E-state index in [1.807, 2.05) is 23.6 Å². The summed E-state index contributed by atoms with van der Waals surface area (Å²) in [4.78, 5) is 24.0. The number of benzene rings is 1. The van der Waals surface area contributed by atoms with Gasteiger partial charge >= 0.3 is 0 Å². The van der Waals surface area contributed by atoms with Gasteiger partial charge in [0.15, 0.2) is 0 Å². The summed E-state index contributed by atoms with van der Waals surface area (Å²) in [7, 11) is 0. The summed E-state index contributed by atoms with van der Waals surface area (Å²) >= 11 is 7.20. The molecular weight excluding hydrogens is 332 g/mol. The van der Waals surface area contributed by atoms with Crippen LogP contribution in [0.2, 0.25) is 5.02 Å². The monoisotopic (exact) mass is 348 g/mol. The molecule has 0 saturated carbocycles. The molecule has 0 aliphatic heterocycles. The lowest BCUT2D eigenvalue weighted by Gasteiger charge is -2.04. The Bertz CT molecular complexity index is 666. The molecule has 1 heterocycles. The van der Waals surface area contributed by atoms with Gasteiger partial charge in [0, 0.05) is 24.2 Å². The fraction of sp³-hybridized carbons (Fsp3) is 0.176. The van der Waals surface area contributed by atoms with E-state index in [1.54, 1.807) is 24.3 Å². The smallest absolute Gasteiger partial charge is 0.261 e. The van der Waals surface area contributed by atoms with Crippen LogP contribution in [0.1, 0.15) is 21.7 Å². The molecule has 0 aliphatic carbocycles. The van der Waals surface area contributed by atoms with Crippen molar-refractivity contribution in [2.45, 2.75) is 6.42 Å². The fourth-order valence-corrected chi connectivity index (χ4v) is 2.57. The van der Waals surface area contributed by atoms with Crippen LogP contribution in [-0.4, -0.2) is 24.9 Å². The Kier molecular flexibility index (Phi) is 6.84. The van der Waals surface area contributed by atoms with Crippen molar-refractivity contribution in [1.82, 2.24) is 10.6 Å². The van der Waals surface area contributed by atoms with Gasteiger partial charge in [-0.05, 0) is 41.6 Å². The molecule has 0 aliphatic rings. The molecule has 23 heavy (non-hydrogen) atoms. The van der Waals surface area contributed by atoms with Gasteiger partial charge in [-0.15, -0.1) is 11.3 Å². The number of hydrogen-bond acceptors (Lipinski definition) is 3. The lowest BCUT2D eigenvalue weighted by atomic mass is 10.2. The van der Waals surface area contributed by atoms with Gasteiger partial charge in [0.1, 0.15) is 0 Å². The summed E-state index contributed by atoms with van der Waals surface area (Å²) in [5, 5.41) is 8.11. The van der Waals surface area contributed by atoms with Gasteiger partial charge in [0.05, 0.1) is 4.88 Å². The van der Waals surface area contributed by atoms with Crippen LogP contribution in [0.25, 0.3) is 6.08 Å². The summed E-state index contributed by atoms with van der Waals surface area (Å²) in [6.45, 7) is 1.03. The van der Waals surface area contributed by atoms with E-state index in [-0.39, 0.29) is 11.8 Å². The highest BCUT2D eigenvalue weighted by Gasteiger charge is 2.04. The first-order valence-corrected chi connectivity index (χ1v) is 8.44. The lowest BCUT2D eigenvalue weighted by molar-refractivity contribution is -0.116. The van der Waals surface area contributed by atoms with Crippen LogP contribution < -0.4 is 10.6 Å². The first kappa shape index (κ1) is 17.2. The Morgan fingerprint density at radius 1 is 1.09 bits per heavy atom. The minimum absolute atomic E-state index is 0.0750. The fourth-order valence-electron chi connectivity index (χ4n) is 1.80. The topological polar surface area (TPSA) is 58.2 Å². The summed E-state index contributed by atoms with van der Waals surface area (Å²) < 4.78 is 0. The minimum atomic E-state index is -0.162.